The topological polar surface area (TPSA) is 0 Å². The molecule has 2 aliphatic carbocycles. The summed E-state index contributed by atoms with van der Waals surface area (Å²) in [6.07, 6.45) is 19.5. The van der Waals surface area contributed by atoms with Crippen molar-refractivity contribution < 1.29 is 4.39 Å². The van der Waals surface area contributed by atoms with Crippen LogP contribution in [0.3, 0.4) is 0 Å². The van der Waals surface area contributed by atoms with Crippen LogP contribution >= 0.6 is 11.6 Å². The van der Waals surface area contributed by atoms with Gasteiger partial charge in [0, 0.05) is 0 Å². The van der Waals surface area contributed by atoms with Crippen molar-refractivity contribution in [2.24, 2.45) is 23.7 Å². The molecule has 2 fully saturated rings. The molecule has 2 heteroatoms. The highest BCUT2D eigenvalue weighted by Gasteiger charge is 2.30. The summed E-state index contributed by atoms with van der Waals surface area (Å²) < 4.78 is 13.6. The van der Waals surface area contributed by atoms with E-state index in [4.69, 9.17) is 11.6 Å². The molecular formula is C25H38ClF. The van der Waals surface area contributed by atoms with Gasteiger partial charge in [-0.1, -0.05) is 76.0 Å². The molecule has 0 N–H and O–H groups in total. The maximum atomic E-state index is 13.6. The first-order valence-electron chi connectivity index (χ1n) is 11.6. The zero-order valence-electron chi connectivity index (χ0n) is 17.2. The molecular weight excluding hydrogens is 355 g/mol. The third-order valence-corrected chi connectivity index (χ3v) is 7.80. The standard InChI is InChI=1S/C25H38ClF/c1-2-3-4-5-19-8-13-22(14-9-19)23-15-10-20(11-16-23)6-7-21-12-17-24(26)25(27)18-21/h12,17-20,22-23H,2-11,13-16H2,1H3. The van der Waals surface area contributed by atoms with E-state index in [2.05, 4.69) is 6.92 Å². The van der Waals surface area contributed by atoms with Crippen LogP contribution in [0.2, 0.25) is 5.02 Å². The minimum absolute atomic E-state index is 0.236. The largest absolute Gasteiger partial charge is 0.205 e. The van der Waals surface area contributed by atoms with Gasteiger partial charge in [-0.2, -0.15) is 0 Å². The summed E-state index contributed by atoms with van der Waals surface area (Å²) in [5.41, 5.74) is 1.10. The van der Waals surface area contributed by atoms with Gasteiger partial charge < -0.3 is 0 Å². The number of hydrogen-bond donors (Lipinski definition) is 0. The second-order valence-electron chi connectivity index (χ2n) is 9.34. The van der Waals surface area contributed by atoms with Crippen molar-refractivity contribution in [1.82, 2.24) is 0 Å². The predicted molar refractivity (Wildman–Crippen MR) is 115 cm³/mol. The molecule has 1 aromatic rings. The Balaban J connectivity index is 1.34. The van der Waals surface area contributed by atoms with Gasteiger partial charge in [0.2, 0.25) is 0 Å². The second kappa shape index (κ2) is 10.8. The van der Waals surface area contributed by atoms with Gasteiger partial charge in [0.25, 0.3) is 0 Å². The van der Waals surface area contributed by atoms with E-state index in [1.165, 1.54) is 83.5 Å². The van der Waals surface area contributed by atoms with Crippen LogP contribution in [-0.4, -0.2) is 0 Å². The lowest BCUT2D eigenvalue weighted by molar-refractivity contribution is 0.140. The second-order valence-corrected chi connectivity index (χ2v) is 9.75. The molecule has 2 aliphatic rings. The van der Waals surface area contributed by atoms with Crippen LogP contribution in [0, 0.1) is 29.5 Å². The van der Waals surface area contributed by atoms with Crippen LogP contribution in [0.25, 0.3) is 0 Å². The van der Waals surface area contributed by atoms with Gasteiger partial charge in [-0.25, -0.2) is 4.39 Å². The van der Waals surface area contributed by atoms with Crippen molar-refractivity contribution in [3.05, 3.63) is 34.6 Å². The SMILES string of the molecule is CCCCCC1CCC(C2CCC(CCc3ccc(Cl)c(F)c3)CC2)CC1. The molecule has 2 saturated carbocycles. The van der Waals surface area contributed by atoms with Gasteiger partial charge >= 0.3 is 0 Å². The van der Waals surface area contributed by atoms with E-state index < -0.39 is 0 Å². The molecule has 0 atom stereocenters. The summed E-state index contributed by atoms with van der Waals surface area (Å²) in [5, 5.41) is 0.236. The lowest BCUT2D eigenvalue weighted by atomic mass is 9.68. The highest BCUT2D eigenvalue weighted by Crippen LogP contribution is 2.43. The van der Waals surface area contributed by atoms with Crippen LogP contribution < -0.4 is 0 Å². The van der Waals surface area contributed by atoms with Crippen molar-refractivity contribution in [2.45, 2.75) is 96.8 Å². The fourth-order valence-corrected chi connectivity index (χ4v) is 5.76. The Morgan fingerprint density at radius 3 is 2.00 bits per heavy atom. The zero-order valence-corrected chi connectivity index (χ0v) is 18.0. The maximum absolute atomic E-state index is 13.6. The molecule has 152 valence electrons. The monoisotopic (exact) mass is 392 g/mol. The Hall–Kier alpha value is -0.560. The minimum Gasteiger partial charge on any atom is -0.205 e. The van der Waals surface area contributed by atoms with E-state index in [0.717, 1.165) is 35.7 Å². The van der Waals surface area contributed by atoms with Crippen LogP contribution in [0.5, 0.6) is 0 Å². The number of halogens is 2. The Morgan fingerprint density at radius 2 is 1.44 bits per heavy atom. The zero-order chi connectivity index (χ0) is 19.1. The molecule has 0 saturated heterocycles. The van der Waals surface area contributed by atoms with Gasteiger partial charge in [0.1, 0.15) is 5.82 Å². The minimum atomic E-state index is -0.275. The van der Waals surface area contributed by atoms with Crippen molar-refractivity contribution in [3.63, 3.8) is 0 Å². The van der Waals surface area contributed by atoms with E-state index in [-0.39, 0.29) is 10.8 Å². The van der Waals surface area contributed by atoms with Gasteiger partial charge in [-0.3, -0.25) is 0 Å². The van der Waals surface area contributed by atoms with Crippen molar-refractivity contribution in [1.29, 1.82) is 0 Å². The Labute approximate surface area is 171 Å². The van der Waals surface area contributed by atoms with E-state index in [1.807, 2.05) is 6.07 Å². The molecule has 0 heterocycles. The predicted octanol–water partition coefficient (Wildman–Crippen LogP) is 8.60. The van der Waals surface area contributed by atoms with Crippen molar-refractivity contribution in [2.75, 3.05) is 0 Å². The molecule has 0 aromatic heterocycles. The number of unbranched alkanes of at least 4 members (excludes halogenated alkanes) is 2. The molecule has 3 rings (SSSR count). The van der Waals surface area contributed by atoms with E-state index in [9.17, 15) is 4.39 Å². The average molecular weight is 393 g/mol. The Morgan fingerprint density at radius 1 is 0.852 bits per heavy atom. The highest BCUT2D eigenvalue weighted by atomic mass is 35.5. The quantitative estimate of drug-likeness (QED) is 0.388. The molecule has 0 spiro atoms. The molecule has 0 nitrogen and oxygen atoms in total. The number of benzene rings is 1. The molecule has 1 aromatic carbocycles. The van der Waals surface area contributed by atoms with Crippen LogP contribution in [0.1, 0.15) is 96.0 Å². The first-order chi connectivity index (χ1) is 13.2. The maximum Gasteiger partial charge on any atom is 0.142 e. The summed E-state index contributed by atoms with van der Waals surface area (Å²) in [6, 6.07) is 5.30. The van der Waals surface area contributed by atoms with Crippen LogP contribution in [0.4, 0.5) is 4.39 Å². The fourth-order valence-electron chi connectivity index (χ4n) is 5.65. The average Bonchev–Trinajstić information content (AvgIpc) is 2.70. The summed E-state index contributed by atoms with van der Waals surface area (Å²) in [7, 11) is 0. The summed E-state index contributed by atoms with van der Waals surface area (Å²) >= 11 is 5.78. The first-order valence-corrected chi connectivity index (χ1v) is 12.0. The van der Waals surface area contributed by atoms with Crippen LogP contribution in [0.15, 0.2) is 18.2 Å². The van der Waals surface area contributed by atoms with Gasteiger partial charge in [0.05, 0.1) is 5.02 Å². The van der Waals surface area contributed by atoms with E-state index in [0.29, 0.717) is 0 Å². The third kappa shape index (κ3) is 6.48. The molecule has 0 bridgehead atoms. The molecule has 0 unspecified atom stereocenters. The highest BCUT2D eigenvalue weighted by molar-refractivity contribution is 6.30. The van der Waals surface area contributed by atoms with E-state index in [1.54, 1.807) is 12.1 Å². The summed E-state index contributed by atoms with van der Waals surface area (Å²) in [5.74, 6) is 3.60. The third-order valence-electron chi connectivity index (χ3n) is 7.49. The van der Waals surface area contributed by atoms with Gasteiger partial charge in [0.15, 0.2) is 0 Å². The number of aryl methyl sites for hydroxylation is 1. The van der Waals surface area contributed by atoms with Crippen molar-refractivity contribution >= 4 is 11.6 Å². The molecule has 0 aliphatic heterocycles. The number of rotatable bonds is 8. The van der Waals surface area contributed by atoms with Crippen molar-refractivity contribution in [3.8, 4) is 0 Å². The van der Waals surface area contributed by atoms with E-state index >= 15 is 0 Å². The summed E-state index contributed by atoms with van der Waals surface area (Å²) in [6.45, 7) is 2.31. The molecule has 27 heavy (non-hydrogen) atoms. The van der Waals surface area contributed by atoms with Crippen LogP contribution in [-0.2, 0) is 6.42 Å². The Bertz CT molecular complexity index is 553. The van der Waals surface area contributed by atoms with Gasteiger partial charge in [-0.15, -0.1) is 0 Å². The molecule has 0 radical (unpaired) electrons. The fraction of sp³-hybridized carbons (Fsp3) is 0.760. The lowest BCUT2D eigenvalue weighted by Crippen LogP contribution is -2.26. The normalized spacial score (nSPS) is 29.0. The number of hydrogen-bond acceptors (Lipinski definition) is 0. The lowest BCUT2D eigenvalue weighted by Gasteiger charge is -2.38. The smallest absolute Gasteiger partial charge is 0.142 e. The Kier molecular flexibility index (Phi) is 8.49. The summed E-state index contributed by atoms with van der Waals surface area (Å²) in [4.78, 5) is 0. The van der Waals surface area contributed by atoms with Gasteiger partial charge in [-0.05, 0) is 79.9 Å². The first kappa shape index (κ1) is 21.2. The molecule has 0 amide bonds.